The van der Waals surface area contributed by atoms with E-state index in [1.54, 1.807) is 5.38 Å². The van der Waals surface area contributed by atoms with E-state index < -0.39 is 5.97 Å². The number of carboxylic acids is 1. The standard InChI is InChI=1S/C16H15N3O2S.Na/c20-16(21)13-10-22-14-9-18(6-4-12(13)14)8-11-7-17-15-3-1-2-5-19(11)15;/h1-3,5,7,10H,4,6,8-9H2,(H,20,21);/q;+1/p-1. The van der Waals surface area contributed by atoms with E-state index in [-0.39, 0.29) is 29.6 Å². The van der Waals surface area contributed by atoms with E-state index in [1.807, 2.05) is 30.6 Å². The molecule has 0 saturated carbocycles. The molecule has 0 spiro atoms. The smallest absolute Gasteiger partial charge is 0.545 e. The van der Waals surface area contributed by atoms with Crippen molar-refractivity contribution in [1.82, 2.24) is 14.3 Å². The number of carbonyl (C=O) groups excluding carboxylic acids is 1. The largest absolute Gasteiger partial charge is 1.00 e. The van der Waals surface area contributed by atoms with E-state index >= 15 is 0 Å². The van der Waals surface area contributed by atoms with Gasteiger partial charge in [0.25, 0.3) is 0 Å². The van der Waals surface area contributed by atoms with Crippen molar-refractivity contribution in [3.8, 4) is 0 Å². The first-order valence-corrected chi connectivity index (χ1v) is 8.04. The maximum Gasteiger partial charge on any atom is 1.00 e. The Morgan fingerprint density at radius 2 is 2.26 bits per heavy atom. The third-order valence-corrected chi connectivity index (χ3v) is 5.14. The minimum absolute atomic E-state index is 0. The van der Waals surface area contributed by atoms with Crippen molar-refractivity contribution >= 4 is 23.0 Å². The molecule has 0 saturated heterocycles. The van der Waals surface area contributed by atoms with Crippen LogP contribution in [-0.2, 0) is 19.5 Å². The third-order valence-electron chi connectivity index (χ3n) is 4.13. The van der Waals surface area contributed by atoms with Gasteiger partial charge in [-0.3, -0.25) is 4.90 Å². The topological polar surface area (TPSA) is 60.7 Å². The van der Waals surface area contributed by atoms with Crippen LogP contribution in [-0.4, -0.2) is 26.8 Å². The molecule has 0 amide bonds. The molecule has 0 atom stereocenters. The minimum Gasteiger partial charge on any atom is -0.545 e. The Kier molecular flexibility index (Phi) is 4.89. The molecule has 3 aromatic heterocycles. The molecule has 1 aliphatic heterocycles. The van der Waals surface area contributed by atoms with Crippen molar-refractivity contribution in [2.24, 2.45) is 0 Å². The number of aromatic carboxylic acids is 1. The fourth-order valence-corrected chi connectivity index (χ4v) is 4.13. The summed E-state index contributed by atoms with van der Waals surface area (Å²) in [6.45, 7) is 2.45. The van der Waals surface area contributed by atoms with Gasteiger partial charge in [0.1, 0.15) is 5.65 Å². The molecule has 7 heteroatoms. The van der Waals surface area contributed by atoms with E-state index in [4.69, 9.17) is 0 Å². The Morgan fingerprint density at radius 1 is 1.39 bits per heavy atom. The number of carbonyl (C=O) groups is 1. The van der Waals surface area contributed by atoms with Crippen LogP contribution in [0.4, 0.5) is 0 Å². The number of hydrogen-bond donors (Lipinski definition) is 0. The van der Waals surface area contributed by atoms with Crippen LogP contribution in [0.15, 0.2) is 36.0 Å². The first-order chi connectivity index (χ1) is 10.7. The van der Waals surface area contributed by atoms with Gasteiger partial charge in [0.05, 0.1) is 17.9 Å². The van der Waals surface area contributed by atoms with Crippen molar-refractivity contribution in [3.63, 3.8) is 0 Å². The maximum absolute atomic E-state index is 11.1. The number of pyridine rings is 1. The summed E-state index contributed by atoms with van der Waals surface area (Å²) >= 11 is 1.52. The molecule has 112 valence electrons. The molecular weight excluding hydrogens is 321 g/mol. The average molecular weight is 335 g/mol. The van der Waals surface area contributed by atoms with Gasteiger partial charge >= 0.3 is 29.6 Å². The van der Waals surface area contributed by atoms with Crippen LogP contribution >= 0.6 is 11.3 Å². The zero-order valence-electron chi connectivity index (χ0n) is 12.9. The monoisotopic (exact) mass is 335 g/mol. The van der Waals surface area contributed by atoms with E-state index in [2.05, 4.69) is 14.3 Å². The van der Waals surface area contributed by atoms with Gasteiger partial charge in [-0.05, 0) is 24.1 Å². The van der Waals surface area contributed by atoms with Gasteiger partial charge in [0, 0.05) is 41.7 Å². The average Bonchev–Trinajstić information content (AvgIpc) is 3.11. The second kappa shape index (κ2) is 6.75. The fourth-order valence-electron chi connectivity index (χ4n) is 3.02. The van der Waals surface area contributed by atoms with Crippen molar-refractivity contribution in [2.75, 3.05) is 6.54 Å². The molecule has 5 nitrogen and oxygen atoms in total. The summed E-state index contributed by atoms with van der Waals surface area (Å²) in [4.78, 5) is 19.0. The van der Waals surface area contributed by atoms with Crippen molar-refractivity contribution in [1.29, 1.82) is 0 Å². The van der Waals surface area contributed by atoms with Gasteiger partial charge in [0.2, 0.25) is 0 Å². The van der Waals surface area contributed by atoms with Crippen molar-refractivity contribution in [3.05, 3.63) is 57.7 Å². The number of fused-ring (bicyclic) bond motifs is 2. The molecular formula is C16H14N3NaO2S. The molecule has 4 heterocycles. The summed E-state index contributed by atoms with van der Waals surface area (Å²) in [6, 6.07) is 5.97. The van der Waals surface area contributed by atoms with Crippen LogP contribution in [0.25, 0.3) is 5.65 Å². The summed E-state index contributed by atoms with van der Waals surface area (Å²) in [7, 11) is 0. The molecule has 23 heavy (non-hydrogen) atoms. The van der Waals surface area contributed by atoms with E-state index in [0.717, 1.165) is 47.8 Å². The quantitative estimate of drug-likeness (QED) is 0.537. The molecule has 0 aliphatic carbocycles. The van der Waals surface area contributed by atoms with Gasteiger partial charge in [-0.25, -0.2) is 4.98 Å². The van der Waals surface area contributed by atoms with Gasteiger partial charge < -0.3 is 14.3 Å². The molecule has 0 N–H and O–H groups in total. The molecule has 0 aromatic carbocycles. The zero-order chi connectivity index (χ0) is 15.1. The predicted molar refractivity (Wildman–Crippen MR) is 81.7 cm³/mol. The molecule has 0 fully saturated rings. The molecule has 4 rings (SSSR count). The summed E-state index contributed by atoms with van der Waals surface area (Å²) in [5, 5.41) is 12.8. The van der Waals surface area contributed by atoms with Crippen molar-refractivity contribution < 1.29 is 39.5 Å². The first kappa shape index (κ1) is 16.7. The van der Waals surface area contributed by atoms with Gasteiger partial charge in [0.15, 0.2) is 0 Å². The third kappa shape index (κ3) is 3.09. The summed E-state index contributed by atoms with van der Waals surface area (Å²) < 4.78 is 2.09. The number of carboxylic acid groups (broad SMARTS) is 1. The normalized spacial score (nSPS) is 14.4. The molecule has 0 bridgehead atoms. The van der Waals surface area contributed by atoms with Crippen LogP contribution in [0, 0.1) is 0 Å². The second-order valence-corrected chi connectivity index (χ2v) is 6.44. The number of aromatic nitrogens is 2. The fraction of sp³-hybridized carbons (Fsp3) is 0.250. The molecule has 0 unspecified atom stereocenters. The van der Waals surface area contributed by atoms with E-state index in [9.17, 15) is 9.90 Å². The summed E-state index contributed by atoms with van der Waals surface area (Å²) in [5.74, 6) is -1.06. The Hall–Kier alpha value is -1.18. The van der Waals surface area contributed by atoms with Gasteiger partial charge in [-0.1, -0.05) is 6.07 Å². The van der Waals surface area contributed by atoms with Gasteiger partial charge in [-0.15, -0.1) is 11.3 Å². The number of imidazole rings is 1. The predicted octanol–water partition coefficient (Wildman–Crippen LogP) is -1.68. The van der Waals surface area contributed by atoms with Crippen LogP contribution in [0.5, 0.6) is 0 Å². The van der Waals surface area contributed by atoms with Crippen molar-refractivity contribution in [2.45, 2.75) is 19.5 Å². The molecule has 3 aromatic rings. The summed E-state index contributed by atoms with van der Waals surface area (Å²) in [5.41, 5.74) is 3.43. The number of rotatable bonds is 3. The first-order valence-electron chi connectivity index (χ1n) is 7.16. The maximum atomic E-state index is 11.1. The minimum atomic E-state index is -1.06. The van der Waals surface area contributed by atoms with Crippen LogP contribution in [0.2, 0.25) is 0 Å². The van der Waals surface area contributed by atoms with E-state index in [0.29, 0.717) is 5.56 Å². The Morgan fingerprint density at radius 3 is 3.09 bits per heavy atom. The number of nitrogens with zero attached hydrogens (tertiary/aromatic N) is 3. The number of hydrogen-bond acceptors (Lipinski definition) is 5. The molecule has 0 radical (unpaired) electrons. The van der Waals surface area contributed by atoms with Crippen LogP contribution in [0.1, 0.15) is 26.5 Å². The SMILES string of the molecule is O=C([O-])c1csc2c1CCN(Cc1cnc3ccccn13)C2.[Na+]. The summed E-state index contributed by atoms with van der Waals surface area (Å²) in [6.07, 6.45) is 4.69. The van der Waals surface area contributed by atoms with Crippen LogP contribution < -0.4 is 34.7 Å². The zero-order valence-corrected chi connectivity index (χ0v) is 15.7. The Bertz CT molecular complexity index is 858. The van der Waals surface area contributed by atoms with Gasteiger partial charge in [-0.2, -0.15) is 0 Å². The van der Waals surface area contributed by atoms with Crippen LogP contribution in [0.3, 0.4) is 0 Å². The second-order valence-electron chi connectivity index (χ2n) is 5.48. The number of thiophene rings is 1. The van der Waals surface area contributed by atoms with E-state index in [1.165, 1.54) is 11.3 Å². The molecule has 1 aliphatic rings. The Balaban J connectivity index is 0.00000156. The Labute approximate surface area is 159 Å².